The highest BCUT2D eigenvalue weighted by molar-refractivity contribution is 7.98. The summed E-state index contributed by atoms with van der Waals surface area (Å²) >= 11 is 1.73. The molecular weight excluding hydrogens is 284 g/mol. The smallest absolute Gasteiger partial charge is 0.161 e. The fraction of sp³-hybridized carbons (Fsp3) is 0.625. The molecule has 1 N–H and O–H groups in total. The van der Waals surface area contributed by atoms with Crippen LogP contribution in [0.25, 0.3) is 0 Å². The van der Waals surface area contributed by atoms with Gasteiger partial charge in [0.2, 0.25) is 0 Å². The average Bonchev–Trinajstić information content (AvgIpc) is 2.49. The van der Waals surface area contributed by atoms with Crippen molar-refractivity contribution in [3.8, 4) is 11.5 Å². The Bertz CT molecular complexity index is 425. The summed E-state index contributed by atoms with van der Waals surface area (Å²) in [5.41, 5.74) is 1.26. The molecule has 0 amide bonds. The predicted molar refractivity (Wildman–Crippen MR) is 90.8 cm³/mol. The number of hydrogen-bond donors (Lipinski definition) is 1. The minimum absolute atomic E-state index is 0.789. The van der Waals surface area contributed by atoms with Gasteiger partial charge in [-0.3, -0.25) is 0 Å². The summed E-state index contributed by atoms with van der Waals surface area (Å²) in [5, 5.41) is 3.51. The molecule has 21 heavy (non-hydrogen) atoms. The van der Waals surface area contributed by atoms with E-state index in [0.29, 0.717) is 0 Å². The van der Waals surface area contributed by atoms with Crippen molar-refractivity contribution < 1.29 is 9.47 Å². The summed E-state index contributed by atoms with van der Waals surface area (Å²) in [6, 6.07) is 4.12. The van der Waals surface area contributed by atoms with Crippen LogP contribution in [0.3, 0.4) is 0 Å². The Morgan fingerprint density at radius 1 is 1.10 bits per heavy atom. The molecule has 0 spiro atoms. The van der Waals surface area contributed by atoms with Gasteiger partial charge in [0, 0.05) is 11.4 Å². The number of nitrogens with one attached hydrogen (secondary N) is 1. The lowest BCUT2D eigenvalue weighted by atomic mass is 10.2. The fourth-order valence-electron chi connectivity index (χ4n) is 2.13. The van der Waals surface area contributed by atoms with E-state index in [4.69, 9.17) is 9.47 Å². The van der Waals surface area contributed by atoms with Crippen LogP contribution >= 0.6 is 11.8 Å². The van der Waals surface area contributed by atoms with Gasteiger partial charge in [-0.1, -0.05) is 0 Å². The quantitative estimate of drug-likeness (QED) is 0.531. The first-order valence-corrected chi connectivity index (χ1v) is 8.49. The molecule has 0 bridgehead atoms. The zero-order valence-corrected chi connectivity index (χ0v) is 14.7. The second-order valence-electron chi connectivity index (χ2n) is 5.21. The van der Waals surface area contributed by atoms with Crippen molar-refractivity contribution >= 4 is 11.8 Å². The van der Waals surface area contributed by atoms with Crippen LogP contribution in [0.4, 0.5) is 0 Å². The van der Waals surface area contributed by atoms with Gasteiger partial charge in [-0.2, -0.15) is 0 Å². The number of unbranched alkanes of at least 4 members (excludes halogenated alkanes) is 1. The SMILES string of the molecule is COc1cc(CNCCCCN(C)C)c(SC)cc1OC. The maximum atomic E-state index is 5.38. The Balaban J connectivity index is 2.53. The molecule has 0 heterocycles. The maximum Gasteiger partial charge on any atom is 0.161 e. The Morgan fingerprint density at radius 3 is 2.33 bits per heavy atom. The monoisotopic (exact) mass is 312 g/mol. The highest BCUT2D eigenvalue weighted by Crippen LogP contribution is 2.34. The number of ether oxygens (including phenoxy) is 2. The first-order valence-electron chi connectivity index (χ1n) is 7.26. The molecule has 0 saturated heterocycles. The van der Waals surface area contributed by atoms with E-state index in [1.807, 2.05) is 6.07 Å². The Kier molecular flexibility index (Phi) is 8.57. The molecule has 4 nitrogen and oxygen atoms in total. The Hall–Kier alpha value is -0.910. The van der Waals surface area contributed by atoms with E-state index in [0.717, 1.165) is 31.1 Å². The van der Waals surface area contributed by atoms with Crippen molar-refractivity contribution in [2.24, 2.45) is 0 Å². The van der Waals surface area contributed by atoms with Gasteiger partial charge in [0.15, 0.2) is 11.5 Å². The standard InChI is InChI=1S/C16H28N2O2S/c1-18(2)9-7-6-8-17-12-13-10-14(19-3)15(20-4)11-16(13)21-5/h10-11,17H,6-9,12H2,1-5H3. The normalized spacial score (nSPS) is 11.0. The molecule has 1 rings (SSSR count). The predicted octanol–water partition coefficient (Wildman–Crippen LogP) is 2.86. The molecule has 0 radical (unpaired) electrons. The average molecular weight is 312 g/mol. The van der Waals surface area contributed by atoms with E-state index in [1.165, 1.54) is 23.3 Å². The van der Waals surface area contributed by atoms with Gasteiger partial charge in [0.25, 0.3) is 0 Å². The number of methoxy groups -OCH3 is 2. The third-order valence-corrected chi connectivity index (χ3v) is 4.13. The van der Waals surface area contributed by atoms with Crippen LogP contribution in [0, 0.1) is 0 Å². The largest absolute Gasteiger partial charge is 0.493 e. The van der Waals surface area contributed by atoms with Crippen LogP contribution in [0.5, 0.6) is 11.5 Å². The first-order chi connectivity index (χ1) is 10.1. The lowest BCUT2D eigenvalue weighted by Gasteiger charge is -2.14. The molecule has 0 saturated carbocycles. The van der Waals surface area contributed by atoms with Gasteiger partial charge in [-0.05, 0) is 64.0 Å². The van der Waals surface area contributed by atoms with Crippen molar-refractivity contribution in [2.45, 2.75) is 24.3 Å². The Labute approximate surface area is 133 Å². The molecule has 0 aliphatic rings. The maximum absolute atomic E-state index is 5.38. The first kappa shape index (κ1) is 18.1. The number of benzene rings is 1. The van der Waals surface area contributed by atoms with Crippen LogP contribution in [0.1, 0.15) is 18.4 Å². The van der Waals surface area contributed by atoms with Gasteiger partial charge in [0.1, 0.15) is 0 Å². The molecule has 1 aromatic rings. The number of rotatable bonds is 10. The van der Waals surface area contributed by atoms with Gasteiger partial charge >= 0.3 is 0 Å². The summed E-state index contributed by atoms with van der Waals surface area (Å²) in [4.78, 5) is 3.45. The topological polar surface area (TPSA) is 33.7 Å². The molecule has 0 atom stereocenters. The molecule has 0 aliphatic carbocycles. The van der Waals surface area contributed by atoms with Crippen LogP contribution in [0.2, 0.25) is 0 Å². The van der Waals surface area contributed by atoms with Crippen LogP contribution < -0.4 is 14.8 Å². The lowest BCUT2D eigenvalue weighted by molar-refractivity contribution is 0.353. The van der Waals surface area contributed by atoms with E-state index < -0.39 is 0 Å². The van der Waals surface area contributed by atoms with E-state index in [2.05, 4.69) is 36.6 Å². The zero-order valence-electron chi connectivity index (χ0n) is 13.9. The number of thioether (sulfide) groups is 1. The van der Waals surface area contributed by atoms with E-state index in [1.54, 1.807) is 26.0 Å². The van der Waals surface area contributed by atoms with Crippen molar-refractivity contribution in [3.05, 3.63) is 17.7 Å². The molecule has 0 fully saturated rings. The van der Waals surface area contributed by atoms with Gasteiger partial charge in [0.05, 0.1) is 14.2 Å². The van der Waals surface area contributed by atoms with Gasteiger partial charge in [-0.25, -0.2) is 0 Å². The minimum atomic E-state index is 0.789. The fourth-order valence-corrected chi connectivity index (χ4v) is 2.75. The van der Waals surface area contributed by atoms with E-state index >= 15 is 0 Å². The van der Waals surface area contributed by atoms with Gasteiger partial charge < -0.3 is 19.7 Å². The third-order valence-electron chi connectivity index (χ3n) is 3.31. The van der Waals surface area contributed by atoms with Crippen molar-refractivity contribution in [3.63, 3.8) is 0 Å². The van der Waals surface area contributed by atoms with Crippen LogP contribution in [-0.4, -0.2) is 52.6 Å². The lowest BCUT2D eigenvalue weighted by Crippen LogP contribution is -2.18. The molecule has 0 aliphatic heterocycles. The van der Waals surface area contributed by atoms with E-state index in [9.17, 15) is 0 Å². The van der Waals surface area contributed by atoms with E-state index in [-0.39, 0.29) is 0 Å². The highest BCUT2D eigenvalue weighted by Gasteiger charge is 2.10. The zero-order chi connectivity index (χ0) is 15.7. The summed E-state index contributed by atoms with van der Waals surface area (Å²) in [7, 11) is 7.57. The highest BCUT2D eigenvalue weighted by atomic mass is 32.2. The van der Waals surface area contributed by atoms with Crippen LogP contribution in [0.15, 0.2) is 17.0 Å². The number of hydrogen-bond acceptors (Lipinski definition) is 5. The Morgan fingerprint density at radius 2 is 1.76 bits per heavy atom. The second-order valence-corrected chi connectivity index (χ2v) is 6.05. The van der Waals surface area contributed by atoms with Gasteiger partial charge in [-0.15, -0.1) is 11.8 Å². The third kappa shape index (κ3) is 6.16. The summed E-state index contributed by atoms with van der Waals surface area (Å²) in [5.74, 6) is 1.58. The molecule has 1 aromatic carbocycles. The van der Waals surface area contributed by atoms with Crippen molar-refractivity contribution in [2.75, 3.05) is 47.7 Å². The number of nitrogens with zero attached hydrogens (tertiary/aromatic N) is 1. The van der Waals surface area contributed by atoms with Crippen LogP contribution in [-0.2, 0) is 6.54 Å². The van der Waals surface area contributed by atoms with Crippen molar-refractivity contribution in [1.82, 2.24) is 10.2 Å². The molecule has 0 aromatic heterocycles. The molecule has 5 heteroatoms. The minimum Gasteiger partial charge on any atom is -0.493 e. The summed E-state index contributed by atoms with van der Waals surface area (Å²) < 4.78 is 10.7. The second kappa shape index (κ2) is 9.92. The molecular formula is C16H28N2O2S. The van der Waals surface area contributed by atoms with Crippen molar-refractivity contribution in [1.29, 1.82) is 0 Å². The molecule has 0 unspecified atom stereocenters. The molecule has 120 valence electrons. The summed E-state index contributed by atoms with van der Waals surface area (Å²) in [6.45, 7) is 3.04. The summed E-state index contributed by atoms with van der Waals surface area (Å²) in [6.07, 6.45) is 4.50.